The lowest BCUT2D eigenvalue weighted by atomic mass is 10.1. The second-order valence-corrected chi connectivity index (χ2v) is 6.57. The lowest BCUT2D eigenvalue weighted by Crippen LogP contribution is -1.96. The summed E-state index contributed by atoms with van der Waals surface area (Å²) in [6.07, 6.45) is 1.50. The average Bonchev–Trinajstić information content (AvgIpc) is 3.14. The first-order valence-corrected chi connectivity index (χ1v) is 8.92. The summed E-state index contributed by atoms with van der Waals surface area (Å²) < 4.78 is 5.18. The molecule has 4 aromatic rings. The minimum absolute atomic E-state index is 0.0494. The van der Waals surface area contributed by atoms with Crippen molar-refractivity contribution in [2.45, 2.75) is 0 Å². The van der Waals surface area contributed by atoms with Crippen molar-refractivity contribution < 1.29 is 9.66 Å². The van der Waals surface area contributed by atoms with E-state index in [1.54, 1.807) is 19.2 Å². The van der Waals surface area contributed by atoms with E-state index in [4.69, 9.17) is 4.74 Å². The maximum absolute atomic E-state index is 11.1. The number of anilines is 2. The van der Waals surface area contributed by atoms with Gasteiger partial charge in [0.25, 0.3) is 5.69 Å². The summed E-state index contributed by atoms with van der Waals surface area (Å²) in [5.74, 6) is 1.41. The van der Waals surface area contributed by atoms with Crippen molar-refractivity contribution in [2.75, 3.05) is 12.4 Å². The second-order valence-electron chi connectivity index (χ2n) is 5.71. The van der Waals surface area contributed by atoms with Gasteiger partial charge in [0.15, 0.2) is 0 Å². The Balaban J connectivity index is 1.79. The van der Waals surface area contributed by atoms with E-state index in [0.29, 0.717) is 5.82 Å². The first kappa shape index (κ1) is 16.9. The molecule has 27 heavy (non-hydrogen) atoms. The summed E-state index contributed by atoms with van der Waals surface area (Å²) in [5.41, 5.74) is 2.51. The van der Waals surface area contributed by atoms with Crippen LogP contribution in [0.3, 0.4) is 0 Å². The number of rotatable bonds is 5. The van der Waals surface area contributed by atoms with Crippen molar-refractivity contribution in [3.63, 3.8) is 0 Å². The van der Waals surface area contributed by atoms with E-state index in [1.165, 1.54) is 23.7 Å². The van der Waals surface area contributed by atoms with Gasteiger partial charge in [-0.3, -0.25) is 10.1 Å². The zero-order valence-corrected chi connectivity index (χ0v) is 15.1. The lowest BCUT2D eigenvalue weighted by Gasteiger charge is -2.09. The lowest BCUT2D eigenvalue weighted by molar-refractivity contribution is -0.384. The Hall–Kier alpha value is -3.52. The van der Waals surface area contributed by atoms with Crippen LogP contribution in [0, 0.1) is 10.1 Å². The largest absolute Gasteiger partial charge is 0.497 e. The van der Waals surface area contributed by atoms with Gasteiger partial charge in [-0.15, -0.1) is 11.3 Å². The first-order chi connectivity index (χ1) is 13.2. The van der Waals surface area contributed by atoms with Crippen molar-refractivity contribution in [1.82, 2.24) is 9.97 Å². The normalized spacial score (nSPS) is 10.7. The van der Waals surface area contributed by atoms with Crippen LogP contribution in [0.1, 0.15) is 0 Å². The molecule has 0 spiro atoms. The summed E-state index contributed by atoms with van der Waals surface area (Å²) in [7, 11) is 1.62. The van der Waals surface area contributed by atoms with Crippen molar-refractivity contribution >= 4 is 38.7 Å². The third-order valence-corrected chi connectivity index (χ3v) is 4.98. The van der Waals surface area contributed by atoms with E-state index in [1.807, 2.05) is 35.7 Å². The molecule has 0 fully saturated rings. The highest BCUT2D eigenvalue weighted by molar-refractivity contribution is 7.17. The van der Waals surface area contributed by atoms with Crippen molar-refractivity contribution in [3.05, 3.63) is 70.4 Å². The van der Waals surface area contributed by atoms with Crippen LogP contribution < -0.4 is 10.1 Å². The number of ether oxygens (including phenoxy) is 1. The van der Waals surface area contributed by atoms with Gasteiger partial charge in [0, 0.05) is 28.8 Å². The number of nitrogens with one attached hydrogen (secondary N) is 1. The number of thiophene rings is 1. The predicted octanol–water partition coefficient (Wildman–Crippen LogP) is 5.02. The highest BCUT2D eigenvalue weighted by atomic mass is 32.1. The van der Waals surface area contributed by atoms with Crippen molar-refractivity contribution in [1.29, 1.82) is 0 Å². The molecule has 2 aromatic heterocycles. The van der Waals surface area contributed by atoms with Gasteiger partial charge in [-0.05, 0) is 29.8 Å². The molecule has 0 aliphatic heterocycles. The smallest absolute Gasteiger partial charge is 0.270 e. The Labute approximate surface area is 158 Å². The molecule has 1 N–H and O–H groups in total. The summed E-state index contributed by atoms with van der Waals surface area (Å²) in [4.78, 5) is 20.2. The summed E-state index contributed by atoms with van der Waals surface area (Å²) in [6.45, 7) is 0. The molecule has 134 valence electrons. The number of methoxy groups -OCH3 is 1. The molecule has 7 nitrogen and oxygen atoms in total. The molecule has 0 unspecified atom stereocenters. The average molecular weight is 378 g/mol. The fourth-order valence-corrected chi connectivity index (χ4v) is 3.70. The fraction of sp³-hybridized carbons (Fsp3) is 0.0526. The third kappa shape index (κ3) is 3.30. The SMILES string of the molecule is COc1ccc(Nc2ncnc3scc(-c4cccc([N+](=O)[O-])c4)c23)cc1. The molecule has 0 aliphatic carbocycles. The third-order valence-electron chi connectivity index (χ3n) is 4.09. The minimum Gasteiger partial charge on any atom is -0.497 e. The van der Waals surface area contributed by atoms with Crippen molar-refractivity contribution in [2.24, 2.45) is 0 Å². The summed E-state index contributed by atoms with van der Waals surface area (Å²) in [5, 5.41) is 17.2. The van der Waals surface area contributed by atoms with E-state index in [-0.39, 0.29) is 5.69 Å². The highest BCUT2D eigenvalue weighted by Gasteiger charge is 2.15. The van der Waals surface area contributed by atoms with Gasteiger partial charge in [0.1, 0.15) is 22.7 Å². The number of aromatic nitrogens is 2. The molecule has 2 aromatic carbocycles. The van der Waals surface area contributed by atoms with Gasteiger partial charge in [0.05, 0.1) is 17.4 Å². The Kier molecular flexibility index (Phi) is 4.39. The van der Waals surface area contributed by atoms with Gasteiger partial charge in [-0.2, -0.15) is 0 Å². The number of fused-ring (bicyclic) bond motifs is 1. The predicted molar refractivity (Wildman–Crippen MR) is 106 cm³/mol. The van der Waals surface area contributed by atoms with E-state index >= 15 is 0 Å². The van der Waals surface area contributed by atoms with Crippen molar-refractivity contribution in [3.8, 4) is 16.9 Å². The minimum atomic E-state index is -0.398. The van der Waals surface area contributed by atoms with Gasteiger partial charge < -0.3 is 10.1 Å². The maximum atomic E-state index is 11.1. The Morgan fingerprint density at radius 1 is 1.15 bits per heavy atom. The number of non-ortho nitro benzene ring substituents is 1. The molecule has 0 saturated carbocycles. The zero-order chi connectivity index (χ0) is 18.8. The molecule has 2 heterocycles. The van der Waals surface area contributed by atoms with Crippen LogP contribution >= 0.6 is 11.3 Å². The molecule has 4 rings (SSSR count). The van der Waals surface area contributed by atoms with Crippen LogP contribution in [-0.4, -0.2) is 22.0 Å². The van der Waals surface area contributed by atoms with Crippen LogP contribution in [0.2, 0.25) is 0 Å². The quantitative estimate of drug-likeness (QED) is 0.387. The number of nitro benzene ring substituents is 1. The molecule has 0 radical (unpaired) electrons. The van der Waals surface area contributed by atoms with Gasteiger partial charge in [-0.25, -0.2) is 9.97 Å². The second kappa shape index (κ2) is 7.00. The number of nitrogens with zero attached hydrogens (tertiary/aromatic N) is 3. The highest BCUT2D eigenvalue weighted by Crippen LogP contribution is 2.38. The maximum Gasteiger partial charge on any atom is 0.270 e. The molecule has 0 atom stereocenters. The molecular formula is C19H14N4O3S. The number of hydrogen-bond donors (Lipinski definition) is 1. The van der Waals surface area contributed by atoms with E-state index < -0.39 is 4.92 Å². The van der Waals surface area contributed by atoms with Crippen LogP contribution in [0.15, 0.2) is 60.2 Å². The molecule has 8 heteroatoms. The zero-order valence-electron chi connectivity index (χ0n) is 14.2. The topological polar surface area (TPSA) is 90.2 Å². The molecule has 0 aliphatic rings. The van der Waals surface area contributed by atoms with Gasteiger partial charge in [-0.1, -0.05) is 12.1 Å². The Morgan fingerprint density at radius 2 is 1.96 bits per heavy atom. The monoisotopic (exact) mass is 378 g/mol. The van der Waals surface area contributed by atoms with Crippen LogP contribution in [-0.2, 0) is 0 Å². The number of hydrogen-bond acceptors (Lipinski definition) is 7. The van der Waals surface area contributed by atoms with Crippen LogP contribution in [0.4, 0.5) is 17.2 Å². The first-order valence-electron chi connectivity index (χ1n) is 8.04. The standard InChI is InChI=1S/C19H14N4O3S/c1-26-15-7-5-13(6-8-15)22-18-17-16(10-27-19(17)21-11-20-18)12-3-2-4-14(9-12)23(24)25/h2-11H,1H3,(H,20,21,22). The van der Waals surface area contributed by atoms with Crippen LogP contribution in [0.5, 0.6) is 5.75 Å². The van der Waals surface area contributed by atoms with E-state index in [0.717, 1.165) is 32.8 Å². The Bertz CT molecular complexity index is 1130. The van der Waals surface area contributed by atoms with E-state index in [2.05, 4.69) is 15.3 Å². The summed E-state index contributed by atoms with van der Waals surface area (Å²) in [6, 6.07) is 14.1. The van der Waals surface area contributed by atoms with Crippen LogP contribution in [0.25, 0.3) is 21.3 Å². The van der Waals surface area contributed by atoms with Gasteiger partial charge in [0.2, 0.25) is 0 Å². The molecule has 0 bridgehead atoms. The van der Waals surface area contributed by atoms with E-state index in [9.17, 15) is 10.1 Å². The fourth-order valence-electron chi connectivity index (χ4n) is 2.78. The number of nitro groups is 1. The molecule has 0 saturated heterocycles. The summed E-state index contributed by atoms with van der Waals surface area (Å²) >= 11 is 1.47. The number of benzene rings is 2. The molecule has 0 amide bonds. The molecular weight excluding hydrogens is 364 g/mol. The van der Waals surface area contributed by atoms with Gasteiger partial charge >= 0.3 is 0 Å². The Morgan fingerprint density at radius 3 is 2.70 bits per heavy atom.